The summed E-state index contributed by atoms with van der Waals surface area (Å²) in [6, 6.07) is 0. The molecule has 1 rings (SSSR count). The van der Waals surface area contributed by atoms with Gasteiger partial charge in [-0.05, 0) is 19.8 Å². The number of amides is 2. The van der Waals surface area contributed by atoms with Gasteiger partial charge in [-0.2, -0.15) is 0 Å². The van der Waals surface area contributed by atoms with Crippen LogP contribution in [-0.2, 0) is 9.59 Å². The number of carbonyl (C=O) groups excluding carboxylic acids is 2. The Morgan fingerprint density at radius 3 is 2.62 bits per heavy atom. The van der Waals surface area contributed by atoms with Crippen LogP contribution in [0.1, 0.15) is 51.6 Å². The molecule has 1 N–H and O–H groups in total. The maximum atomic E-state index is 12.1. The first-order valence-corrected chi connectivity index (χ1v) is 8.44. The summed E-state index contributed by atoms with van der Waals surface area (Å²) in [6.07, 6.45) is 4.41. The monoisotopic (exact) mass is 311 g/mol. The van der Waals surface area contributed by atoms with E-state index >= 15 is 0 Å². The normalized spacial score (nSPS) is 10.4. The van der Waals surface area contributed by atoms with Crippen molar-refractivity contribution in [1.82, 2.24) is 9.88 Å². The number of aryl methyl sites for hydroxylation is 1. The van der Waals surface area contributed by atoms with Gasteiger partial charge in [-0.3, -0.25) is 9.59 Å². The Morgan fingerprint density at radius 2 is 2.05 bits per heavy atom. The van der Waals surface area contributed by atoms with Crippen LogP contribution in [0.15, 0.2) is 5.38 Å². The molecule has 0 saturated heterocycles. The van der Waals surface area contributed by atoms with Gasteiger partial charge in [0.05, 0.1) is 12.2 Å². The maximum absolute atomic E-state index is 12.1. The zero-order valence-corrected chi connectivity index (χ0v) is 14.0. The van der Waals surface area contributed by atoms with Crippen molar-refractivity contribution in [3.05, 3.63) is 11.1 Å². The van der Waals surface area contributed by atoms with Gasteiger partial charge in [0.25, 0.3) is 0 Å². The third-order valence-corrected chi connectivity index (χ3v) is 3.92. The van der Waals surface area contributed by atoms with Crippen molar-refractivity contribution >= 4 is 28.3 Å². The predicted molar refractivity (Wildman–Crippen MR) is 86.5 cm³/mol. The van der Waals surface area contributed by atoms with E-state index < -0.39 is 0 Å². The fraction of sp³-hybridized carbons (Fsp3) is 0.667. The quantitative estimate of drug-likeness (QED) is 0.712. The fourth-order valence-electron chi connectivity index (χ4n) is 1.96. The molecule has 118 valence electrons. The molecule has 1 aromatic rings. The minimum absolute atomic E-state index is 0.0547. The van der Waals surface area contributed by atoms with Crippen LogP contribution in [0.4, 0.5) is 5.13 Å². The number of anilines is 1. The average Bonchev–Trinajstić information content (AvgIpc) is 2.83. The smallest absolute Gasteiger partial charge is 0.245 e. The molecule has 2 amide bonds. The van der Waals surface area contributed by atoms with Crippen molar-refractivity contribution in [1.29, 1.82) is 0 Å². The Labute approximate surface area is 130 Å². The highest BCUT2D eigenvalue weighted by Crippen LogP contribution is 2.14. The Balaban J connectivity index is 2.53. The molecule has 0 aromatic carbocycles. The molecule has 0 aliphatic carbocycles. The molecule has 6 heteroatoms. The van der Waals surface area contributed by atoms with Crippen molar-refractivity contribution in [2.75, 3.05) is 18.4 Å². The first-order valence-electron chi connectivity index (χ1n) is 7.56. The van der Waals surface area contributed by atoms with Gasteiger partial charge < -0.3 is 10.2 Å². The van der Waals surface area contributed by atoms with Gasteiger partial charge in [-0.25, -0.2) is 4.98 Å². The van der Waals surface area contributed by atoms with Crippen LogP contribution in [0.3, 0.4) is 0 Å². The first-order chi connectivity index (χ1) is 10.1. The lowest BCUT2D eigenvalue weighted by atomic mass is 10.2. The van der Waals surface area contributed by atoms with E-state index in [1.54, 1.807) is 4.90 Å². The lowest BCUT2D eigenvalue weighted by molar-refractivity contribution is -0.134. The fourth-order valence-corrected chi connectivity index (χ4v) is 2.66. The van der Waals surface area contributed by atoms with E-state index in [0.717, 1.165) is 31.4 Å². The molecule has 21 heavy (non-hydrogen) atoms. The molecule has 0 saturated carbocycles. The second kappa shape index (κ2) is 9.50. The predicted octanol–water partition coefficient (Wildman–Crippen LogP) is 3.21. The molecule has 0 aliphatic heterocycles. The second-order valence-electron chi connectivity index (χ2n) is 5.11. The summed E-state index contributed by atoms with van der Waals surface area (Å²) in [5.74, 6) is -0.121. The van der Waals surface area contributed by atoms with Gasteiger partial charge in [-0.15, -0.1) is 11.3 Å². The van der Waals surface area contributed by atoms with Crippen LogP contribution in [-0.4, -0.2) is 34.8 Å². The molecule has 0 bridgehead atoms. The van der Waals surface area contributed by atoms with E-state index in [-0.39, 0.29) is 18.4 Å². The summed E-state index contributed by atoms with van der Waals surface area (Å²) in [4.78, 5) is 30.0. The van der Waals surface area contributed by atoms with Crippen molar-refractivity contribution < 1.29 is 9.59 Å². The standard InChI is InChI=1S/C15H25N3O2S/c1-4-6-7-9-18(14(20)8-5-2)10-13(19)17-15-16-12(3)11-21-15/h11H,4-10H2,1-3H3,(H,16,17,19). The minimum Gasteiger partial charge on any atom is -0.333 e. The first kappa shape index (κ1) is 17.6. The number of hydrogen-bond acceptors (Lipinski definition) is 4. The number of aromatic nitrogens is 1. The summed E-state index contributed by atoms with van der Waals surface area (Å²) < 4.78 is 0. The Morgan fingerprint density at radius 1 is 1.29 bits per heavy atom. The summed E-state index contributed by atoms with van der Waals surface area (Å²) in [7, 11) is 0. The molecule has 0 spiro atoms. The zero-order valence-electron chi connectivity index (χ0n) is 13.1. The minimum atomic E-state index is -0.176. The van der Waals surface area contributed by atoms with Crippen LogP contribution in [0.25, 0.3) is 0 Å². The zero-order chi connectivity index (χ0) is 15.7. The molecule has 1 aromatic heterocycles. The van der Waals surface area contributed by atoms with Crippen LogP contribution < -0.4 is 5.32 Å². The maximum Gasteiger partial charge on any atom is 0.245 e. The Hall–Kier alpha value is -1.43. The topological polar surface area (TPSA) is 62.3 Å². The molecule has 0 aliphatic rings. The molecule has 0 fully saturated rings. The number of thiazole rings is 1. The third kappa shape index (κ3) is 6.71. The van der Waals surface area contributed by atoms with Gasteiger partial charge in [0.15, 0.2) is 5.13 Å². The summed E-state index contributed by atoms with van der Waals surface area (Å²) >= 11 is 1.40. The second-order valence-corrected chi connectivity index (χ2v) is 5.97. The van der Waals surface area contributed by atoms with Gasteiger partial charge in [0.2, 0.25) is 11.8 Å². The SMILES string of the molecule is CCCCCN(CC(=O)Nc1nc(C)cs1)C(=O)CCC. The van der Waals surface area contributed by atoms with Crippen molar-refractivity contribution in [2.24, 2.45) is 0 Å². The van der Waals surface area contributed by atoms with E-state index in [0.29, 0.717) is 18.1 Å². The van der Waals surface area contributed by atoms with Gasteiger partial charge in [0, 0.05) is 18.3 Å². The molecule has 1 heterocycles. The highest BCUT2D eigenvalue weighted by atomic mass is 32.1. The highest BCUT2D eigenvalue weighted by molar-refractivity contribution is 7.13. The number of nitrogens with one attached hydrogen (secondary N) is 1. The highest BCUT2D eigenvalue weighted by Gasteiger charge is 2.16. The Kier molecular flexibility index (Phi) is 7.97. The molecule has 5 nitrogen and oxygen atoms in total. The van der Waals surface area contributed by atoms with Crippen molar-refractivity contribution in [3.8, 4) is 0 Å². The molecule has 0 radical (unpaired) electrons. The van der Waals surface area contributed by atoms with E-state index in [2.05, 4.69) is 17.2 Å². The molecular weight excluding hydrogens is 286 g/mol. The number of hydrogen-bond donors (Lipinski definition) is 1. The number of rotatable bonds is 9. The van der Waals surface area contributed by atoms with E-state index in [1.807, 2.05) is 19.2 Å². The molecule has 0 atom stereocenters. The van der Waals surface area contributed by atoms with Crippen molar-refractivity contribution in [3.63, 3.8) is 0 Å². The van der Waals surface area contributed by atoms with Crippen LogP contribution >= 0.6 is 11.3 Å². The molecule has 0 unspecified atom stereocenters. The van der Waals surface area contributed by atoms with Crippen LogP contribution in [0.2, 0.25) is 0 Å². The van der Waals surface area contributed by atoms with Gasteiger partial charge in [0.1, 0.15) is 0 Å². The number of nitrogens with zero attached hydrogens (tertiary/aromatic N) is 2. The lowest BCUT2D eigenvalue weighted by Gasteiger charge is -2.21. The summed E-state index contributed by atoms with van der Waals surface area (Å²) in [5, 5.41) is 5.23. The molecular formula is C15H25N3O2S. The van der Waals surface area contributed by atoms with E-state index in [4.69, 9.17) is 0 Å². The number of carbonyl (C=O) groups is 2. The average molecular weight is 311 g/mol. The van der Waals surface area contributed by atoms with Gasteiger partial charge >= 0.3 is 0 Å². The van der Waals surface area contributed by atoms with E-state index in [1.165, 1.54) is 11.3 Å². The van der Waals surface area contributed by atoms with Crippen LogP contribution in [0.5, 0.6) is 0 Å². The van der Waals surface area contributed by atoms with Crippen LogP contribution in [0, 0.1) is 6.92 Å². The third-order valence-electron chi connectivity index (χ3n) is 3.05. The summed E-state index contributed by atoms with van der Waals surface area (Å²) in [6.45, 7) is 6.74. The Bertz CT molecular complexity index is 460. The summed E-state index contributed by atoms with van der Waals surface area (Å²) in [5.41, 5.74) is 0.886. The number of unbranched alkanes of at least 4 members (excludes halogenated alkanes) is 2. The largest absolute Gasteiger partial charge is 0.333 e. The van der Waals surface area contributed by atoms with Crippen molar-refractivity contribution in [2.45, 2.75) is 52.9 Å². The van der Waals surface area contributed by atoms with Gasteiger partial charge in [-0.1, -0.05) is 26.7 Å². The van der Waals surface area contributed by atoms with E-state index in [9.17, 15) is 9.59 Å². The lowest BCUT2D eigenvalue weighted by Crippen LogP contribution is -2.38.